The molecular weight excluding hydrogens is 538 g/mol. The van der Waals surface area contributed by atoms with Gasteiger partial charge in [0.2, 0.25) is 0 Å². The van der Waals surface area contributed by atoms with E-state index in [9.17, 15) is 13.2 Å². The number of hydrogen-bond donors (Lipinski definition) is 1. The summed E-state index contributed by atoms with van der Waals surface area (Å²) in [7, 11) is -2.92. The average molecular weight is 576 g/mol. The van der Waals surface area contributed by atoms with Gasteiger partial charge >= 0.3 is 5.97 Å². The third kappa shape index (κ3) is 6.22. The third-order valence-electron chi connectivity index (χ3n) is 8.35. The number of nitrogens with one attached hydrogen (secondary N) is 1. The molecule has 41 heavy (non-hydrogen) atoms. The van der Waals surface area contributed by atoms with Gasteiger partial charge in [0, 0.05) is 24.2 Å². The summed E-state index contributed by atoms with van der Waals surface area (Å²) in [6.45, 7) is 5.63. The number of rotatable bonds is 8. The number of aryl methyl sites for hydroxylation is 1. The molecule has 2 aliphatic heterocycles. The molecule has 1 saturated carbocycles. The van der Waals surface area contributed by atoms with E-state index < -0.39 is 9.84 Å². The molecule has 8 heteroatoms. The topological polar surface area (TPSA) is 90.9 Å². The molecule has 1 N–H and O–H groups in total. The van der Waals surface area contributed by atoms with Crippen LogP contribution >= 0.6 is 0 Å². The van der Waals surface area contributed by atoms with Gasteiger partial charge in [0.1, 0.15) is 17.6 Å². The maximum absolute atomic E-state index is 12.0. The number of ether oxygens (including phenoxy) is 3. The van der Waals surface area contributed by atoms with E-state index >= 15 is 0 Å². The zero-order chi connectivity index (χ0) is 28.6. The van der Waals surface area contributed by atoms with Crippen LogP contribution in [0.2, 0.25) is 0 Å². The first-order valence-corrected chi connectivity index (χ1v) is 16.4. The summed E-state index contributed by atoms with van der Waals surface area (Å²) in [5.41, 5.74) is 7.93. The Hall–Kier alpha value is -3.52. The molecular formula is C33H37NO6S. The van der Waals surface area contributed by atoms with Gasteiger partial charge in [-0.15, -0.1) is 0 Å². The second kappa shape index (κ2) is 11.4. The number of hydrogen-bond acceptors (Lipinski definition) is 7. The van der Waals surface area contributed by atoms with Crippen molar-refractivity contribution >= 4 is 21.5 Å². The summed E-state index contributed by atoms with van der Waals surface area (Å²) in [5, 5.41) is 3.53. The Morgan fingerprint density at radius 3 is 2.59 bits per heavy atom. The largest absolute Gasteiger partial charge is 0.493 e. The van der Waals surface area contributed by atoms with Crippen molar-refractivity contribution in [3.8, 4) is 22.6 Å². The van der Waals surface area contributed by atoms with Crippen LogP contribution in [0.3, 0.4) is 0 Å². The van der Waals surface area contributed by atoms with Gasteiger partial charge in [0.25, 0.3) is 0 Å². The van der Waals surface area contributed by atoms with Crippen LogP contribution < -0.4 is 14.8 Å². The third-order valence-corrected chi connectivity index (χ3v) is 10.1. The Labute approximate surface area is 242 Å². The van der Waals surface area contributed by atoms with Gasteiger partial charge in [-0.25, -0.2) is 8.42 Å². The number of benzene rings is 3. The van der Waals surface area contributed by atoms with E-state index in [1.165, 1.54) is 16.7 Å². The predicted molar refractivity (Wildman–Crippen MR) is 159 cm³/mol. The molecule has 6 rings (SSSR count). The van der Waals surface area contributed by atoms with E-state index in [0.717, 1.165) is 46.7 Å². The van der Waals surface area contributed by atoms with E-state index in [0.29, 0.717) is 32.6 Å². The highest BCUT2D eigenvalue weighted by atomic mass is 32.2. The lowest BCUT2D eigenvalue weighted by Gasteiger charge is -2.24. The molecule has 0 radical (unpaired) electrons. The standard InChI is InChI=1S/C33H37NO6S/c1-3-38-33(35)29-19-28(29)23-5-7-25(8-6-23)34-20-22-4-9-31-30(17-22)32-21(2)16-27(18-24(32)10-13-39-31)40-26-11-14-41(36,37)15-12-26/h4-9,16-18,26,28-29,34H,3,10-15,19-20H2,1-2H3/t28-,29+/m1/s1. The first-order valence-electron chi connectivity index (χ1n) is 14.6. The first-order chi connectivity index (χ1) is 19.8. The van der Waals surface area contributed by atoms with Crippen molar-refractivity contribution in [2.75, 3.05) is 30.0 Å². The van der Waals surface area contributed by atoms with Crippen LogP contribution in [0.25, 0.3) is 11.1 Å². The summed E-state index contributed by atoms with van der Waals surface area (Å²) >= 11 is 0. The highest BCUT2D eigenvalue weighted by Crippen LogP contribution is 2.48. The van der Waals surface area contributed by atoms with Crippen molar-refractivity contribution in [3.05, 3.63) is 76.9 Å². The van der Waals surface area contributed by atoms with Gasteiger partial charge in [0.05, 0.1) is 30.6 Å². The number of carbonyl (C=O) groups excluding carboxylic acids is 1. The van der Waals surface area contributed by atoms with Gasteiger partial charge in [0.15, 0.2) is 9.84 Å². The van der Waals surface area contributed by atoms with Gasteiger partial charge < -0.3 is 19.5 Å². The van der Waals surface area contributed by atoms with E-state index in [4.69, 9.17) is 14.2 Å². The molecule has 2 atom stereocenters. The van der Waals surface area contributed by atoms with Crippen LogP contribution in [0.4, 0.5) is 5.69 Å². The maximum Gasteiger partial charge on any atom is 0.309 e. The van der Waals surface area contributed by atoms with Gasteiger partial charge in [-0.1, -0.05) is 18.2 Å². The molecule has 7 nitrogen and oxygen atoms in total. The highest BCUT2D eigenvalue weighted by Gasteiger charge is 2.45. The average Bonchev–Trinajstić information content (AvgIpc) is 3.77. The van der Waals surface area contributed by atoms with Crippen LogP contribution in [0.15, 0.2) is 54.6 Å². The van der Waals surface area contributed by atoms with Crippen molar-refractivity contribution in [3.63, 3.8) is 0 Å². The van der Waals surface area contributed by atoms with Gasteiger partial charge in [-0.2, -0.15) is 0 Å². The summed E-state index contributed by atoms with van der Waals surface area (Å²) in [4.78, 5) is 12.0. The van der Waals surface area contributed by atoms with E-state index in [2.05, 4.69) is 66.8 Å². The Balaban J connectivity index is 1.14. The monoisotopic (exact) mass is 575 g/mol. The Bertz CT molecular complexity index is 1530. The number of sulfone groups is 1. The first kappa shape index (κ1) is 27.6. The number of carbonyl (C=O) groups is 1. The van der Waals surface area contributed by atoms with Crippen LogP contribution in [-0.4, -0.2) is 45.2 Å². The van der Waals surface area contributed by atoms with Gasteiger partial charge in [-0.05, 0) is 103 Å². The van der Waals surface area contributed by atoms with Crippen molar-refractivity contribution in [1.82, 2.24) is 0 Å². The lowest BCUT2D eigenvalue weighted by Crippen LogP contribution is -2.30. The second-order valence-electron chi connectivity index (χ2n) is 11.3. The van der Waals surface area contributed by atoms with Crippen molar-refractivity contribution in [2.45, 2.75) is 58.1 Å². The van der Waals surface area contributed by atoms with E-state index in [1.807, 2.05) is 6.92 Å². The molecule has 2 heterocycles. The molecule has 3 aromatic carbocycles. The van der Waals surface area contributed by atoms with Crippen molar-refractivity contribution < 1.29 is 27.4 Å². The molecule has 2 fully saturated rings. The predicted octanol–water partition coefficient (Wildman–Crippen LogP) is 5.83. The van der Waals surface area contributed by atoms with Gasteiger partial charge in [-0.3, -0.25) is 4.79 Å². The summed E-state index contributed by atoms with van der Waals surface area (Å²) in [6.07, 6.45) is 2.65. The highest BCUT2D eigenvalue weighted by molar-refractivity contribution is 7.91. The molecule has 0 spiro atoms. The lowest BCUT2D eigenvalue weighted by molar-refractivity contribution is -0.144. The smallest absolute Gasteiger partial charge is 0.309 e. The molecule has 3 aromatic rings. The second-order valence-corrected chi connectivity index (χ2v) is 13.7. The minimum atomic E-state index is -2.92. The fraction of sp³-hybridized carbons (Fsp3) is 0.424. The normalized spacial score (nSPS) is 21.0. The van der Waals surface area contributed by atoms with Crippen LogP contribution in [0.5, 0.6) is 11.5 Å². The molecule has 0 unspecified atom stereocenters. The zero-order valence-electron chi connectivity index (χ0n) is 23.6. The quantitative estimate of drug-likeness (QED) is 0.338. The number of fused-ring (bicyclic) bond motifs is 3. The Morgan fingerprint density at radius 1 is 1.05 bits per heavy atom. The fourth-order valence-corrected chi connectivity index (χ4v) is 7.51. The Morgan fingerprint density at radius 2 is 1.83 bits per heavy atom. The lowest BCUT2D eigenvalue weighted by atomic mass is 9.92. The SMILES string of the molecule is CCOC(=O)[C@H]1C[C@@H]1c1ccc(NCc2ccc3c(c2)-c2c(C)cc(OC4CCS(=O)(=O)CC4)cc2CCO3)cc1. The van der Waals surface area contributed by atoms with Crippen molar-refractivity contribution in [1.29, 1.82) is 0 Å². The minimum Gasteiger partial charge on any atom is -0.493 e. The maximum atomic E-state index is 12.0. The molecule has 1 saturated heterocycles. The van der Waals surface area contributed by atoms with Crippen LogP contribution in [0, 0.1) is 12.8 Å². The minimum absolute atomic E-state index is 0.00406. The molecule has 1 aliphatic carbocycles. The van der Waals surface area contributed by atoms with Crippen molar-refractivity contribution in [2.24, 2.45) is 5.92 Å². The zero-order valence-corrected chi connectivity index (χ0v) is 24.5. The Kier molecular flexibility index (Phi) is 7.68. The molecule has 216 valence electrons. The van der Waals surface area contributed by atoms with Crippen LogP contribution in [0.1, 0.15) is 54.4 Å². The molecule has 0 bridgehead atoms. The van der Waals surface area contributed by atoms with E-state index in [-0.39, 0.29) is 35.4 Å². The molecule has 0 aromatic heterocycles. The number of anilines is 1. The number of esters is 1. The molecule has 0 amide bonds. The van der Waals surface area contributed by atoms with Crippen LogP contribution in [-0.2, 0) is 32.3 Å². The summed E-state index contributed by atoms with van der Waals surface area (Å²) < 4.78 is 41.2. The molecule has 3 aliphatic rings. The fourth-order valence-electron chi connectivity index (χ4n) is 6.06. The van der Waals surface area contributed by atoms with E-state index in [1.54, 1.807) is 0 Å². The summed E-state index contributed by atoms with van der Waals surface area (Å²) in [6, 6.07) is 18.9. The summed E-state index contributed by atoms with van der Waals surface area (Å²) in [5.74, 6) is 2.24.